The molecule has 1 N–H and O–H groups in total. The van der Waals surface area contributed by atoms with Crippen LogP contribution in [0.1, 0.15) is 0 Å². The summed E-state index contributed by atoms with van der Waals surface area (Å²) in [5.41, 5.74) is 0.421. The van der Waals surface area contributed by atoms with Gasteiger partial charge in [0.15, 0.2) is 11.4 Å². The summed E-state index contributed by atoms with van der Waals surface area (Å²) >= 11 is 7.03. The topological polar surface area (TPSA) is 48.2 Å². The van der Waals surface area contributed by atoms with Gasteiger partial charge in [-0.05, 0) is 24.5 Å². The van der Waals surface area contributed by atoms with Crippen molar-refractivity contribution < 1.29 is 4.39 Å². The molecule has 1 aromatic rings. The molecular weight excluding hydrogens is 237 g/mol. The quantitative estimate of drug-likeness (QED) is 0.357. The molecule has 0 atom stereocenters. The van der Waals surface area contributed by atoms with Crippen LogP contribution in [0, 0.1) is 17.3 Å². The Bertz CT molecular complexity index is 428. The first-order valence-electron chi connectivity index (χ1n) is 3.90. The fourth-order valence-electron chi connectivity index (χ4n) is 0.854. The predicted molar refractivity (Wildman–Crippen MR) is 60.8 cm³/mol. The zero-order valence-electron chi connectivity index (χ0n) is 7.79. The first-order chi connectivity index (χ1) is 7.17. The number of amidine groups is 1. The molecule has 0 saturated carbocycles. The summed E-state index contributed by atoms with van der Waals surface area (Å²) in [5.74, 6) is -0.419. The molecule has 6 heteroatoms. The molecule has 0 fully saturated rings. The highest BCUT2D eigenvalue weighted by atomic mass is 35.5. The largest absolute Gasteiger partial charge is 0.271 e. The third-order valence-corrected chi connectivity index (χ3v) is 2.37. The molecule has 15 heavy (non-hydrogen) atoms. The van der Waals surface area contributed by atoms with Crippen molar-refractivity contribution in [3.63, 3.8) is 0 Å². The SMILES string of the molecule is CSC(=Nc1ccc(F)cc1Cl)NC#N. The van der Waals surface area contributed by atoms with E-state index < -0.39 is 5.82 Å². The maximum atomic E-state index is 12.7. The Morgan fingerprint density at radius 2 is 2.40 bits per heavy atom. The van der Waals surface area contributed by atoms with Crippen LogP contribution in [-0.2, 0) is 0 Å². The van der Waals surface area contributed by atoms with E-state index in [1.807, 2.05) is 0 Å². The number of benzene rings is 1. The smallest absolute Gasteiger partial charge is 0.183 e. The summed E-state index contributed by atoms with van der Waals surface area (Å²) < 4.78 is 12.7. The third-order valence-electron chi connectivity index (χ3n) is 1.49. The highest BCUT2D eigenvalue weighted by Gasteiger charge is 2.02. The minimum atomic E-state index is -0.419. The van der Waals surface area contributed by atoms with Crippen molar-refractivity contribution in [3.05, 3.63) is 29.0 Å². The summed E-state index contributed by atoms with van der Waals surface area (Å²) in [5, 5.41) is 11.4. The molecule has 0 unspecified atom stereocenters. The van der Waals surface area contributed by atoms with E-state index in [1.54, 1.807) is 12.4 Å². The molecule has 0 spiro atoms. The van der Waals surface area contributed by atoms with E-state index in [2.05, 4.69) is 10.3 Å². The third kappa shape index (κ3) is 3.42. The summed E-state index contributed by atoms with van der Waals surface area (Å²) in [7, 11) is 0. The van der Waals surface area contributed by atoms with Gasteiger partial charge in [-0.2, -0.15) is 5.26 Å². The maximum Gasteiger partial charge on any atom is 0.183 e. The van der Waals surface area contributed by atoms with Crippen LogP contribution in [0.2, 0.25) is 5.02 Å². The van der Waals surface area contributed by atoms with Crippen molar-refractivity contribution in [1.82, 2.24) is 5.32 Å². The highest BCUT2D eigenvalue weighted by molar-refractivity contribution is 8.13. The maximum absolute atomic E-state index is 12.7. The van der Waals surface area contributed by atoms with Crippen LogP contribution >= 0.6 is 23.4 Å². The lowest BCUT2D eigenvalue weighted by Crippen LogP contribution is -2.12. The van der Waals surface area contributed by atoms with Crippen molar-refractivity contribution in [2.45, 2.75) is 0 Å². The lowest BCUT2D eigenvalue weighted by molar-refractivity contribution is 0.628. The summed E-state index contributed by atoms with van der Waals surface area (Å²) in [6.07, 6.45) is 3.52. The number of hydrogen-bond acceptors (Lipinski definition) is 3. The molecule has 1 rings (SSSR count). The first kappa shape index (κ1) is 11.8. The Morgan fingerprint density at radius 1 is 1.67 bits per heavy atom. The molecule has 0 aromatic heterocycles. The highest BCUT2D eigenvalue weighted by Crippen LogP contribution is 2.26. The Hall–Kier alpha value is -1.25. The van der Waals surface area contributed by atoms with E-state index in [0.717, 1.165) is 0 Å². The number of rotatable bonds is 1. The van der Waals surface area contributed by atoms with E-state index in [9.17, 15) is 4.39 Å². The van der Waals surface area contributed by atoms with Crippen molar-refractivity contribution in [2.24, 2.45) is 4.99 Å². The molecule has 0 heterocycles. The zero-order valence-corrected chi connectivity index (χ0v) is 9.36. The standard InChI is InChI=1S/C9H7ClFN3S/c1-15-9(13-5-12)14-8-3-2-6(11)4-7(8)10/h2-4H,1H3,(H,13,14). The normalized spacial score (nSPS) is 10.9. The summed E-state index contributed by atoms with van der Waals surface area (Å²) in [6.45, 7) is 0. The van der Waals surface area contributed by atoms with Crippen molar-refractivity contribution in [3.8, 4) is 6.19 Å². The van der Waals surface area contributed by atoms with Crippen LogP contribution in [0.15, 0.2) is 23.2 Å². The van der Waals surface area contributed by atoms with Crippen LogP contribution in [0.3, 0.4) is 0 Å². The predicted octanol–water partition coefficient (Wildman–Crippen LogP) is 2.90. The number of thioether (sulfide) groups is 1. The van der Waals surface area contributed by atoms with Crippen molar-refractivity contribution in [1.29, 1.82) is 5.26 Å². The fourth-order valence-corrected chi connectivity index (χ4v) is 1.40. The second kappa shape index (κ2) is 5.59. The summed E-state index contributed by atoms with van der Waals surface area (Å²) in [4.78, 5) is 4.05. The Morgan fingerprint density at radius 3 is 2.93 bits per heavy atom. The Kier molecular flexibility index (Phi) is 4.40. The molecular formula is C9H7ClFN3S. The van der Waals surface area contributed by atoms with Gasteiger partial charge in [-0.1, -0.05) is 23.4 Å². The van der Waals surface area contributed by atoms with Gasteiger partial charge in [0.05, 0.1) is 10.7 Å². The molecule has 0 saturated heterocycles. The van der Waals surface area contributed by atoms with Gasteiger partial charge in [0.1, 0.15) is 5.82 Å². The van der Waals surface area contributed by atoms with Crippen molar-refractivity contribution >= 4 is 34.2 Å². The van der Waals surface area contributed by atoms with Crippen LogP contribution in [0.4, 0.5) is 10.1 Å². The van der Waals surface area contributed by atoms with Crippen LogP contribution in [0.25, 0.3) is 0 Å². The van der Waals surface area contributed by atoms with E-state index in [0.29, 0.717) is 10.9 Å². The van der Waals surface area contributed by atoms with Gasteiger partial charge in [0.25, 0.3) is 0 Å². The molecule has 0 aliphatic carbocycles. The Balaban J connectivity index is 3.01. The number of nitrogens with one attached hydrogen (secondary N) is 1. The lowest BCUT2D eigenvalue weighted by Gasteiger charge is -2.01. The van der Waals surface area contributed by atoms with Gasteiger partial charge in [-0.15, -0.1) is 0 Å². The van der Waals surface area contributed by atoms with Crippen LogP contribution < -0.4 is 5.32 Å². The Labute approximate surface area is 96.0 Å². The zero-order chi connectivity index (χ0) is 11.3. The molecule has 3 nitrogen and oxygen atoms in total. The number of halogens is 2. The first-order valence-corrected chi connectivity index (χ1v) is 5.50. The van der Waals surface area contributed by atoms with Gasteiger partial charge >= 0.3 is 0 Å². The average Bonchev–Trinajstić information content (AvgIpc) is 2.21. The fraction of sp³-hybridized carbons (Fsp3) is 0.111. The van der Waals surface area contributed by atoms with Crippen molar-refractivity contribution in [2.75, 3.05) is 6.26 Å². The van der Waals surface area contributed by atoms with Crippen LogP contribution in [0.5, 0.6) is 0 Å². The van der Waals surface area contributed by atoms with E-state index in [-0.39, 0.29) is 5.02 Å². The monoisotopic (exact) mass is 243 g/mol. The second-order valence-corrected chi connectivity index (χ2v) is 3.66. The minimum Gasteiger partial charge on any atom is -0.271 e. The lowest BCUT2D eigenvalue weighted by atomic mass is 10.3. The van der Waals surface area contributed by atoms with E-state index >= 15 is 0 Å². The molecule has 0 amide bonds. The second-order valence-electron chi connectivity index (χ2n) is 2.45. The van der Waals surface area contributed by atoms with Gasteiger partial charge in [-0.3, -0.25) is 5.32 Å². The molecule has 78 valence electrons. The summed E-state index contributed by atoms with van der Waals surface area (Å²) in [6, 6.07) is 3.88. The average molecular weight is 244 g/mol. The number of aliphatic imine (C=N–C) groups is 1. The minimum absolute atomic E-state index is 0.210. The molecule has 0 radical (unpaired) electrons. The van der Waals surface area contributed by atoms with Gasteiger partial charge < -0.3 is 0 Å². The number of nitriles is 1. The van der Waals surface area contributed by atoms with Crippen LogP contribution in [-0.4, -0.2) is 11.4 Å². The molecule has 0 aliphatic rings. The molecule has 0 bridgehead atoms. The van der Waals surface area contributed by atoms with Gasteiger partial charge in [-0.25, -0.2) is 9.38 Å². The number of nitrogens with zero attached hydrogens (tertiary/aromatic N) is 2. The molecule has 1 aromatic carbocycles. The number of hydrogen-bond donors (Lipinski definition) is 1. The van der Waals surface area contributed by atoms with E-state index in [1.165, 1.54) is 30.0 Å². The van der Waals surface area contributed by atoms with Gasteiger partial charge in [0, 0.05) is 0 Å². The van der Waals surface area contributed by atoms with Gasteiger partial charge in [0.2, 0.25) is 0 Å². The van der Waals surface area contributed by atoms with E-state index in [4.69, 9.17) is 16.9 Å². The molecule has 0 aliphatic heterocycles.